The number of rotatable bonds is 7. The summed E-state index contributed by atoms with van der Waals surface area (Å²) in [6.45, 7) is 0.485. The van der Waals surface area contributed by atoms with Gasteiger partial charge in [0, 0.05) is 25.8 Å². The van der Waals surface area contributed by atoms with Crippen molar-refractivity contribution in [3.63, 3.8) is 0 Å². The largest absolute Gasteiger partial charge is 0.481 e. The van der Waals surface area contributed by atoms with Crippen LogP contribution in [0.3, 0.4) is 0 Å². The van der Waals surface area contributed by atoms with E-state index in [4.69, 9.17) is 9.84 Å². The number of carbonyl (C=O) groups excluding carboxylic acids is 1. The fraction of sp³-hybridized carbons (Fsp3) is 0.385. The molecule has 0 spiro atoms. The third kappa shape index (κ3) is 5.48. The van der Waals surface area contributed by atoms with E-state index >= 15 is 0 Å². The Morgan fingerprint density at radius 2 is 2.16 bits per heavy atom. The molecule has 0 unspecified atom stereocenters. The van der Waals surface area contributed by atoms with Gasteiger partial charge in [0.1, 0.15) is 5.82 Å². The van der Waals surface area contributed by atoms with E-state index in [-0.39, 0.29) is 24.3 Å². The highest BCUT2D eigenvalue weighted by atomic mass is 19.1. The maximum absolute atomic E-state index is 13.5. The Morgan fingerprint density at radius 1 is 1.42 bits per heavy atom. The second kappa shape index (κ2) is 7.48. The predicted octanol–water partition coefficient (Wildman–Crippen LogP) is 1.82. The number of ether oxygens (including phenoxy) is 1. The van der Waals surface area contributed by atoms with E-state index in [9.17, 15) is 14.0 Å². The average molecular weight is 269 g/mol. The van der Waals surface area contributed by atoms with E-state index in [1.807, 2.05) is 0 Å². The average Bonchev–Trinajstić information content (AvgIpc) is 2.32. The first-order valence-electron chi connectivity index (χ1n) is 5.82. The highest BCUT2D eigenvalue weighted by molar-refractivity contribution is 5.90. The van der Waals surface area contributed by atoms with Crippen LogP contribution in [-0.4, -0.2) is 30.7 Å². The summed E-state index contributed by atoms with van der Waals surface area (Å²) in [4.78, 5) is 22.0. The minimum absolute atomic E-state index is 0.0879. The number of halogens is 1. The van der Waals surface area contributed by atoms with E-state index in [2.05, 4.69) is 5.32 Å². The Labute approximate surface area is 110 Å². The van der Waals surface area contributed by atoms with Crippen LogP contribution < -0.4 is 5.32 Å². The number of methoxy groups -OCH3 is 1. The van der Waals surface area contributed by atoms with Crippen molar-refractivity contribution in [1.29, 1.82) is 0 Å². The molecule has 0 aliphatic carbocycles. The van der Waals surface area contributed by atoms with Crippen LogP contribution in [0.1, 0.15) is 18.4 Å². The molecule has 0 saturated heterocycles. The third-order valence-electron chi connectivity index (χ3n) is 2.43. The summed E-state index contributed by atoms with van der Waals surface area (Å²) < 4.78 is 18.4. The Hall–Kier alpha value is -1.95. The van der Waals surface area contributed by atoms with Gasteiger partial charge in [0.2, 0.25) is 5.91 Å². The van der Waals surface area contributed by atoms with Gasteiger partial charge in [-0.15, -0.1) is 0 Å². The topological polar surface area (TPSA) is 75.6 Å². The zero-order valence-corrected chi connectivity index (χ0v) is 10.6. The van der Waals surface area contributed by atoms with Crippen LogP contribution in [0.4, 0.5) is 10.1 Å². The SMILES string of the molecule is COCCCC(=O)Nc1ccc(CC(=O)O)c(F)c1. The second-order valence-electron chi connectivity index (χ2n) is 4.02. The van der Waals surface area contributed by atoms with Crippen molar-refractivity contribution in [1.82, 2.24) is 0 Å². The molecule has 0 radical (unpaired) electrons. The smallest absolute Gasteiger partial charge is 0.307 e. The van der Waals surface area contributed by atoms with Crippen molar-refractivity contribution in [2.24, 2.45) is 0 Å². The van der Waals surface area contributed by atoms with Crippen molar-refractivity contribution in [3.8, 4) is 0 Å². The van der Waals surface area contributed by atoms with Crippen molar-refractivity contribution >= 4 is 17.6 Å². The summed E-state index contributed by atoms with van der Waals surface area (Å²) in [7, 11) is 1.55. The maximum Gasteiger partial charge on any atom is 0.307 e. The zero-order chi connectivity index (χ0) is 14.3. The number of carbonyl (C=O) groups is 2. The number of aliphatic carboxylic acids is 1. The number of amides is 1. The van der Waals surface area contributed by atoms with E-state index in [1.165, 1.54) is 12.1 Å². The Bertz CT molecular complexity index is 462. The van der Waals surface area contributed by atoms with Gasteiger partial charge in [-0.3, -0.25) is 9.59 Å². The van der Waals surface area contributed by atoms with Crippen molar-refractivity contribution in [2.45, 2.75) is 19.3 Å². The van der Waals surface area contributed by atoms with Gasteiger partial charge in [-0.25, -0.2) is 4.39 Å². The number of benzene rings is 1. The molecule has 104 valence electrons. The molecule has 1 rings (SSSR count). The van der Waals surface area contributed by atoms with E-state index in [1.54, 1.807) is 7.11 Å². The summed E-state index contributed by atoms with van der Waals surface area (Å²) >= 11 is 0. The molecule has 0 aromatic heterocycles. The van der Waals surface area contributed by atoms with E-state index < -0.39 is 11.8 Å². The molecule has 0 heterocycles. The first-order chi connectivity index (χ1) is 9.02. The van der Waals surface area contributed by atoms with Gasteiger partial charge in [-0.05, 0) is 24.1 Å². The van der Waals surface area contributed by atoms with Gasteiger partial charge in [0.15, 0.2) is 0 Å². The lowest BCUT2D eigenvalue weighted by molar-refractivity contribution is -0.136. The van der Waals surface area contributed by atoms with Gasteiger partial charge < -0.3 is 15.2 Å². The quantitative estimate of drug-likeness (QED) is 0.740. The molecular weight excluding hydrogens is 253 g/mol. The molecule has 0 aliphatic rings. The van der Waals surface area contributed by atoms with Gasteiger partial charge in [0.05, 0.1) is 6.42 Å². The van der Waals surface area contributed by atoms with Gasteiger partial charge in [0.25, 0.3) is 0 Å². The monoisotopic (exact) mass is 269 g/mol. The lowest BCUT2D eigenvalue weighted by Crippen LogP contribution is -2.12. The second-order valence-corrected chi connectivity index (χ2v) is 4.02. The lowest BCUT2D eigenvalue weighted by atomic mass is 10.1. The normalized spacial score (nSPS) is 10.2. The zero-order valence-electron chi connectivity index (χ0n) is 10.6. The minimum atomic E-state index is -1.10. The standard InChI is InChI=1S/C13H16FNO4/c1-19-6-2-3-12(16)15-10-5-4-9(7-13(17)18)11(14)8-10/h4-5,8H,2-3,6-7H2,1H3,(H,15,16)(H,17,18). The maximum atomic E-state index is 13.5. The van der Waals surface area contributed by atoms with Crippen LogP contribution in [0, 0.1) is 5.82 Å². The molecule has 0 saturated carbocycles. The summed E-state index contributed by atoms with van der Waals surface area (Å²) in [5.41, 5.74) is 0.402. The van der Waals surface area contributed by atoms with Crippen LogP contribution in [0.5, 0.6) is 0 Å². The number of hydrogen-bond donors (Lipinski definition) is 2. The first kappa shape index (κ1) is 15.1. The van der Waals surface area contributed by atoms with E-state index in [0.717, 1.165) is 6.07 Å². The van der Waals surface area contributed by atoms with Gasteiger partial charge >= 0.3 is 5.97 Å². The number of nitrogens with one attached hydrogen (secondary N) is 1. The van der Waals surface area contributed by atoms with E-state index in [0.29, 0.717) is 18.7 Å². The highest BCUT2D eigenvalue weighted by Crippen LogP contribution is 2.15. The fourth-order valence-electron chi connectivity index (χ4n) is 1.53. The summed E-state index contributed by atoms with van der Waals surface area (Å²) in [6, 6.07) is 3.95. The summed E-state index contributed by atoms with van der Waals surface area (Å²) in [5, 5.41) is 11.1. The summed E-state index contributed by atoms with van der Waals surface area (Å²) in [5.74, 6) is -1.98. The number of carboxylic acid groups (broad SMARTS) is 1. The molecular formula is C13H16FNO4. The molecule has 0 aliphatic heterocycles. The molecule has 1 aromatic rings. The highest BCUT2D eigenvalue weighted by Gasteiger charge is 2.09. The Balaban J connectivity index is 2.58. The molecule has 1 aromatic carbocycles. The molecule has 6 heteroatoms. The van der Waals surface area contributed by atoms with Crippen molar-refractivity contribution in [2.75, 3.05) is 19.0 Å². The molecule has 0 atom stereocenters. The molecule has 19 heavy (non-hydrogen) atoms. The van der Waals surface area contributed by atoms with Crippen LogP contribution in [0.15, 0.2) is 18.2 Å². The number of hydrogen-bond acceptors (Lipinski definition) is 3. The third-order valence-corrected chi connectivity index (χ3v) is 2.43. The number of anilines is 1. The summed E-state index contributed by atoms with van der Waals surface area (Å²) in [6.07, 6.45) is 0.488. The fourth-order valence-corrected chi connectivity index (χ4v) is 1.53. The lowest BCUT2D eigenvalue weighted by Gasteiger charge is -2.07. The molecule has 2 N–H and O–H groups in total. The number of carboxylic acids is 1. The Morgan fingerprint density at radius 3 is 2.74 bits per heavy atom. The van der Waals surface area contributed by atoms with Gasteiger partial charge in [-0.2, -0.15) is 0 Å². The van der Waals surface area contributed by atoms with Crippen LogP contribution >= 0.6 is 0 Å². The van der Waals surface area contributed by atoms with Crippen molar-refractivity contribution < 1.29 is 23.8 Å². The van der Waals surface area contributed by atoms with Crippen LogP contribution in [0.25, 0.3) is 0 Å². The first-order valence-corrected chi connectivity index (χ1v) is 5.82. The molecule has 0 bridgehead atoms. The van der Waals surface area contributed by atoms with Crippen LogP contribution in [0.2, 0.25) is 0 Å². The Kier molecular flexibility index (Phi) is 5.95. The predicted molar refractivity (Wildman–Crippen MR) is 67.5 cm³/mol. The molecule has 5 nitrogen and oxygen atoms in total. The van der Waals surface area contributed by atoms with Crippen molar-refractivity contribution in [3.05, 3.63) is 29.6 Å². The minimum Gasteiger partial charge on any atom is -0.481 e. The molecule has 0 fully saturated rings. The molecule has 1 amide bonds. The van der Waals surface area contributed by atoms with Gasteiger partial charge in [-0.1, -0.05) is 6.07 Å². The van der Waals surface area contributed by atoms with Crippen LogP contribution in [-0.2, 0) is 20.7 Å².